The third kappa shape index (κ3) is 3.95. The molecule has 0 atom stereocenters. The average Bonchev–Trinajstić information content (AvgIpc) is 2.39. The fourth-order valence-corrected chi connectivity index (χ4v) is 1.68. The number of benzene rings is 2. The smallest absolute Gasteiger partial charge is 0.165 e. The van der Waals surface area contributed by atoms with Crippen LogP contribution in [0.25, 0.3) is 0 Å². The third-order valence-electron chi connectivity index (χ3n) is 2.60. The summed E-state index contributed by atoms with van der Waals surface area (Å²) in [6.07, 6.45) is 0. The standard InChI is InChI=1S/C15H15F2NO/c1-11-5-6-14(17)15(9-11)19-8-7-18-13-4-2-3-12(16)10-13/h2-6,9-10,18H,7-8H2,1H3. The Kier molecular flexibility index (Phi) is 4.34. The monoisotopic (exact) mass is 263 g/mol. The van der Waals surface area contributed by atoms with Gasteiger partial charge in [0.2, 0.25) is 0 Å². The first-order valence-corrected chi connectivity index (χ1v) is 6.03. The highest BCUT2D eigenvalue weighted by Gasteiger charge is 2.02. The Morgan fingerprint density at radius 2 is 1.95 bits per heavy atom. The van der Waals surface area contributed by atoms with Gasteiger partial charge < -0.3 is 10.1 Å². The first kappa shape index (κ1) is 13.3. The summed E-state index contributed by atoms with van der Waals surface area (Å²) in [7, 11) is 0. The van der Waals surface area contributed by atoms with E-state index in [4.69, 9.17) is 4.74 Å². The molecule has 0 aliphatic carbocycles. The fraction of sp³-hybridized carbons (Fsp3) is 0.200. The number of hydrogen-bond donors (Lipinski definition) is 1. The predicted molar refractivity (Wildman–Crippen MR) is 71.5 cm³/mol. The van der Waals surface area contributed by atoms with Crippen molar-refractivity contribution in [2.45, 2.75) is 6.92 Å². The topological polar surface area (TPSA) is 21.3 Å². The zero-order valence-corrected chi connectivity index (χ0v) is 10.6. The minimum absolute atomic E-state index is 0.237. The fourth-order valence-electron chi connectivity index (χ4n) is 1.68. The van der Waals surface area contributed by atoms with Crippen molar-refractivity contribution in [3.8, 4) is 5.75 Å². The Hall–Kier alpha value is -2.10. The molecule has 0 saturated heterocycles. The molecule has 0 saturated carbocycles. The van der Waals surface area contributed by atoms with E-state index in [0.29, 0.717) is 18.8 Å². The van der Waals surface area contributed by atoms with Crippen molar-refractivity contribution >= 4 is 5.69 Å². The van der Waals surface area contributed by atoms with Crippen molar-refractivity contribution < 1.29 is 13.5 Å². The Bertz CT molecular complexity index is 558. The zero-order chi connectivity index (χ0) is 13.7. The van der Waals surface area contributed by atoms with Gasteiger partial charge >= 0.3 is 0 Å². The van der Waals surface area contributed by atoms with Gasteiger partial charge in [-0.05, 0) is 42.8 Å². The van der Waals surface area contributed by atoms with Crippen LogP contribution in [0.5, 0.6) is 5.75 Å². The van der Waals surface area contributed by atoms with Crippen LogP contribution in [0.2, 0.25) is 0 Å². The van der Waals surface area contributed by atoms with Crippen molar-refractivity contribution in [1.29, 1.82) is 0 Å². The van der Waals surface area contributed by atoms with E-state index >= 15 is 0 Å². The van der Waals surface area contributed by atoms with E-state index in [1.54, 1.807) is 24.3 Å². The van der Waals surface area contributed by atoms with E-state index in [9.17, 15) is 8.78 Å². The summed E-state index contributed by atoms with van der Waals surface area (Å²) in [5, 5.41) is 3.00. The van der Waals surface area contributed by atoms with Gasteiger partial charge in [0.05, 0.1) is 0 Å². The average molecular weight is 263 g/mol. The molecule has 0 amide bonds. The van der Waals surface area contributed by atoms with Crippen molar-refractivity contribution in [3.63, 3.8) is 0 Å². The summed E-state index contributed by atoms with van der Waals surface area (Å²) < 4.78 is 31.6. The molecule has 0 aromatic heterocycles. The van der Waals surface area contributed by atoms with Crippen LogP contribution < -0.4 is 10.1 Å². The van der Waals surface area contributed by atoms with Gasteiger partial charge in [0.25, 0.3) is 0 Å². The van der Waals surface area contributed by atoms with Gasteiger partial charge in [-0.1, -0.05) is 12.1 Å². The molecule has 0 bridgehead atoms. The summed E-state index contributed by atoms with van der Waals surface area (Å²) in [5.41, 5.74) is 1.61. The number of ether oxygens (including phenoxy) is 1. The largest absolute Gasteiger partial charge is 0.489 e. The molecule has 2 rings (SSSR count). The Labute approximate surface area is 111 Å². The van der Waals surface area contributed by atoms with Crippen molar-refractivity contribution in [2.75, 3.05) is 18.5 Å². The molecule has 100 valence electrons. The highest BCUT2D eigenvalue weighted by molar-refractivity contribution is 5.42. The lowest BCUT2D eigenvalue weighted by Crippen LogP contribution is -2.12. The highest BCUT2D eigenvalue weighted by Crippen LogP contribution is 2.18. The van der Waals surface area contributed by atoms with Crippen LogP contribution in [-0.4, -0.2) is 13.2 Å². The van der Waals surface area contributed by atoms with Crippen LogP contribution in [0.15, 0.2) is 42.5 Å². The van der Waals surface area contributed by atoms with Crippen LogP contribution in [0.3, 0.4) is 0 Å². The maximum absolute atomic E-state index is 13.4. The number of nitrogens with one attached hydrogen (secondary N) is 1. The van der Waals surface area contributed by atoms with Gasteiger partial charge in [0.15, 0.2) is 11.6 Å². The van der Waals surface area contributed by atoms with Crippen LogP contribution in [0, 0.1) is 18.6 Å². The molecule has 2 aromatic rings. The van der Waals surface area contributed by atoms with Gasteiger partial charge in [-0.2, -0.15) is 0 Å². The maximum atomic E-state index is 13.4. The summed E-state index contributed by atoms with van der Waals surface area (Å²) in [6.45, 7) is 2.64. The van der Waals surface area contributed by atoms with E-state index in [0.717, 1.165) is 5.56 Å². The second kappa shape index (κ2) is 6.18. The highest BCUT2D eigenvalue weighted by atomic mass is 19.1. The molecule has 19 heavy (non-hydrogen) atoms. The molecular weight excluding hydrogens is 248 g/mol. The third-order valence-corrected chi connectivity index (χ3v) is 2.60. The quantitative estimate of drug-likeness (QED) is 0.829. The number of halogens is 2. The molecule has 2 aromatic carbocycles. The zero-order valence-electron chi connectivity index (χ0n) is 10.6. The number of hydrogen-bond acceptors (Lipinski definition) is 2. The van der Waals surface area contributed by atoms with Gasteiger partial charge in [-0.15, -0.1) is 0 Å². The minimum atomic E-state index is -0.378. The first-order valence-electron chi connectivity index (χ1n) is 6.03. The molecule has 1 N–H and O–H groups in total. The summed E-state index contributed by atoms with van der Waals surface area (Å²) in [4.78, 5) is 0. The van der Waals surface area contributed by atoms with Gasteiger partial charge in [-0.25, -0.2) is 8.78 Å². The molecule has 0 heterocycles. The summed E-state index contributed by atoms with van der Waals surface area (Å²) in [5.74, 6) is -0.437. The lowest BCUT2D eigenvalue weighted by atomic mass is 10.2. The van der Waals surface area contributed by atoms with Crippen LogP contribution in [0.1, 0.15) is 5.56 Å². The van der Waals surface area contributed by atoms with E-state index < -0.39 is 0 Å². The second-order valence-corrected chi connectivity index (χ2v) is 4.22. The lowest BCUT2D eigenvalue weighted by molar-refractivity contribution is 0.315. The Balaban J connectivity index is 1.82. The SMILES string of the molecule is Cc1ccc(F)c(OCCNc2cccc(F)c2)c1. The molecule has 0 unspecified atom stereocenters. The first-order chi connectivity index (χ1) is 9.15. The normalized spacial score (nSPS) is 10.3. The molecule has 4 heteroatoms. The van der Waals surface area contributed by atoms with Gasteiger partial charge in [0, 0.05) is 12.2 Å². The van der Waals surface area contributed by atoms with Gasteiger partial charge in [-0.3, -0.25) is 0 Å². The van der Waals surface area contributed by atoms with Crippen LogP contribution in [0.4, 0.5) is 14.5 Å². The Morgan fingerprint density at radius 3 is 2.74 bits per heavy atom. The number of anilines is 1. The van der Waals surface area contributed by atoms with E-state index in [1.807, 2.05) is 6.92 Å². The minimum Gasteiger partial charge on any atom is -0.489 e. The lowest BCUT2D eigenvalue weighted by Gasteiger charge is -2.09. The molecule has 0 aliphatic rings. The van der Waals surface area contributed by atoms with E-state index in [1.165, 1.54) is 18.2 Å². The molecular formula is C15H15F2NO. The molecule has 0 aliphatic heterocycles. The van der Waals surface area contributed by atoms with E-state index in [2.05, 4.69) is 5.32 Å². The molecule has 0 radical (unpaired) electrons. The number of rotatable bonds is 5. The summed E-state index contributed by atoms with van der Waals surface area (Å²) >= 11 is 0. The van der Waals surface area contributed by atoms with Crippen LogP contribution >= 0.6 is 0 Å². The number of aryl methyl sites for hydroxylation is 1. The van der Waals surface area contributed by atoms with Crippen molar-refractivity contribution in [3.05, 3.63) is 59.7 Å². The molecule has 2 nitrogen and oxygen atoms in total. The molecule has 0 fully saturated rings. The van der Waals surface area contributed by atoms with E-state index in [-0.39, 0.29) is 17.4 Å². The predicted octanol–water partition coefficient (Wildman–Crippen LogP) is 3.76. The summed E-state index contributed by atoms with van der Waals surface area (Å²) in [6, 6.07) is 10.9. The Morgan fingerprint density at radius 1 is 1.11 bits per heavy atom. The van der Waals surface area contributed by atoms with Crippen molar-refractivity contribution in [1.82, 2.24) is 0 Å². The molecule has 0 spiro atoms. The van der Waals surface area contributed by atoms with Gasteiger partial charge in [0.1, 0.15) is 12.4 Å². The maximum Gasteiger partial charge on any atom is 0.165 e. The van der Waals surface area contributed by atoms with Crippen LogP contribution in [-0.2, 0) is 0 Å². The second-order valence-electron chi connectivity index (χ2n) is 4.22. The van der Waals surface area contributed by atoms with Crippen molar-refractivity contribution in [2.24, 2.45) is 0 Å².